The first-order valence-electron chi connectivity index (χ1n) is 7.07. The number of halogens is 1. The van der Waals surface area contributed by atoms with Crippen LogP contribution in [0.1, 0.15) is 19.0 Å². The number of benzene rings is 1. The Morgan fingerprint density at radius 1 is 1.35 bits per heavy atom. The van der Waals surface area contributed by atoms with Crippen LogP contribution >= 0.6 is 0 Å². The van der Waals surface area contributed by atoms with Gasteiger partial charge in [-0.2, -0.15) is 0 Å². The normalized spacial score (nSPS) is 13.0. The van der Waals surface area contributed by atoms with E-state index in [1.54, 1.807) is 6.92 Å². The van der Waals surface area contributed by atoms with Crippen LogP contribution in [0.3, 0.4) is 0 Å². The maximum absolute atomic E-state index is 13.0. The van der Waals surface area contributed by atoms with Crippen molar-refractivity contribution in [2.45, 2.75) is 26.4 Å². The predicted octanol–water partition coefficient (Wildman–Crippen LogP) is 1.88. The molecule has 0 aliphatic heterocycles. The Balaban J connectivity index is 2.21. The van der Waals surface area contributed by atoms with E-state index in [-0.39, 0.29) is 23.5 Å². The summed E-state index contributed by atoms with van der Waals surface area (Å²) in [6.07, 6.45) is 0.193. The Bertz CT molecular complexity index is 755. The Kier molecular flexibility index (Phi) is 5.32. The smallest absolute Gasteiger partial charge is 0.236 e. The van der Waals surface area contributed by atoms with Crippen molar-refractivity contribution in [1.29, 1.82) is 0 Å². The van der Waals surface area contributed by atoms with Gasteiger partial charge in [0.2, 0.25) is 10.0 Å². The first-order chi connectivity index (χ1) is 10.9. The Hall–Kier alpha value is -2.00. The van der Waals surface area contributed by atoms with E-state index < -0.39 is 10.0 Å². The van der Waals surface area contributed by atoms with Crippen LogP contribution in [0, 0.1) is 12.7 Å². The maximum atomic E-state index is 13.0. The molecule has 23 heavy (non-hydrogen) atoms. The number of nitrogens with zero attached hydrogens (tertiary/aromatic N) is 3. The summed E-state index contributed by atoms with van der Waals surface area (Å²) >= 11 is 0. The third-order valence-electron chi connectivity index (χ3n) is 3.41. The molecule has 1 aromatic carbocycles. The summed E-state index contributed by atoms with van der Waals surface area (Å²) in [5, 5.41) is 7.75. The minimum Gasteiger partial charge on any atom is -0.380 e. The molecule has 0 fully saturated rings. The van der Waals surface area contributed by atoms with Crippen molar-refractivity contribution in [1.82, 2.24) is 15.0 Å². The van der Waals surface area contributed by atoms with Gasteiger partial charge in [-0.3, -0.25) is 4.72 Å². The van der Waals surface area contributed by atoms with E-state index >= 15 is 0 Å². The molecule has 0 radical (unpaired) electrons. The molecular weight excluding hydrogens is 323 g/mol. The van der Waals surface area contributed by atoms with Gasteiger partial charge in [0.1, 0.15) is 5.82 Å². The minimum atomic E-state index is -3.61. The fourth-order valence-corrected chi connectivity index (χ4v) is 3.46. The highest BCUT2D eigenvalue weighted by Gasteiger charge is 2.21. The highest BCUT2D eigenvalue weighted by Crippen LogP contribution is 2.17. The molecule has 1 aromatic heterocycles. The standard InChI is InChI=1S/C14H19FN4O3S/c1-4-13(22-3)9-23(20,21)17-14-10(2)19(18-16-14)12-7-5-11(15)6-8-12/h5-8,13,17H,4,9H2,1-3H3. The van der Waals surface area contributed by atoms with Crippen LogP contribution in [-0.4, -0.2) is 42.4 Å². The van der Waals surface area contributed by atoms with Gasteiger partial charge in [0.25, 0.3) is 0 Å². The highest BCUT2D eigenvalue weighted by molar-refractivity contribution is 7.92. The second-order valence-corrected chi connectivity index (χ2v) is 6.83. The predicted molar refractivity (Wildman–Crippen MR) is 84.6 cm³/mol. The van der Waals surface area contributed by atoms with Gasteiger partial charge in [-0.05, 0) is 37.6 Å². The fourth-order valence-electron chi connectivity index (χ4n) is 2.04. The summed E-state index contributed by atoms with van der Waals surface area (Å²) in [4.78, 5) is 0. The van der Waals surface area contributed by atoms with Crippen LogP contribution in [0.4, 0.5) is 10.2 Å². The van der Waals surface area contributed by atoms with E-state index in [0.29, 0.717) is 17.8 Å². The molecule has 0 saturated carbocycles. The van der Waals surface area contributed by atoms with E-state index in [1.165, 1.54) is 36.1 Å². The molecule has 0 aliphatic rings. The number of methoxy groups -OCH3 is 1. The first kappa shape index (κ1) is 17.4. The third-order valence-corrected chi connectivity index (χ3v) is 4.73. The van der Waals surface area contributed by atoms with Crippen LogP contribution in [0.2, 0.25) is 0 Å². The lowest BCUT2D eigenvalue weighted by atomic mass is 10.3. The van der Waals surface area contributed by atoms with Crippen molar-refractivity contribution in [2.24, 2.45) is 0 Å². The van der Waals surface area contributed by atoms with Gasteiger partial charge in [0.05, 0.1) is 23.2 Å². The quantitative estimate of drug-likeness (QED) is 0.830. The van der Waals surface area contributed by atoms with Gasteiger partial charge in [-0.1, -0.05) is 12.1 Å². The van der Waals surface area contributed by atoms with Gasteiger partial charge < -0.3 is 4.74 Å². The zero-order chi connectivity index (χ0) is 17.0. The number of aromatic nitrogens is 3. The average molecular weight is 342 g/mol. The number of sulfonamides is 1. The van der Waals surface area contributed by atoms with E-state index in [1.807, 2.05) is 6.92 Å². The van der Waals surface area contributed by atoms with Gasteiger partial charge in [0.15, 0.2) is 5.82 Å². The minimum absolute atomic E-state index is 0.139. The Morgan fingerprint density at radius 3 is 2.57 bits per heavy atom. The molecule has 1 atom stereocenters. The number of rotatable bonds is 7. The van der Waals surface area contributed by atoms with E-state index in [4.69, 9.17) is 4.74 Å². The van der Waals surface area contributed by atoms with Crippen LogP contribution in [0.5, 0.6) is 0 Å². The van der Waals surface area contributed by atoms with Gasteiger partial charge in [0, 0.05) is 7.11 Å². The summed E-state index contributed by atoms with van der Waals surface area (Å²) in [5.74, 6) is -0.388. The van der Waals surface area contributed by atoms with Crippen LogP contribution in [-0.2, 0) is 14.8 Å². The van der Waals surface area contributed by atoms with Crippen molar-refractivity contribution < 1.29 is 17.5 Å². The van der Waals surface area contributed by atoms with Crippen molar-refractivity contribution in [3.63, 3.8) is 0 Å². The summed E-state index contributed by atoms with van der Waals surface area (Å²) in [5.41, 5.74) is 1.09. The summed E-state index contributed by atoms with van der Waals surface area (Å²) in [6.45, 7) is 3.52. The lowest BCUT2D eigenvalue weighted by molar-refractivity contribution is 0.117. The molecule has 1 heterocycles. The summed E-state index contributed by atoms with van der Waals surface area (Å²) < 4.78 is 46.2. The zero-order valence-corrected chi connectivity index (χ0v) is 14.0. The molecule has 0 aliphatic carbocycles. The van der Waals surface area contributed by atoms with E-state index in [9.17, 15) is 12.8 Å². The molecule has 126 valence electrons. The monoisotopic (exact) mass is 342 g/mol. The molecule has 0 amide bonds. The molecule has 2 aromatic rings. The van der Waals surface area contributed by atoms with Gasteiger partial charge in [-0.25, -0.2) is 17.5 Å². The third kappa shape index (κ3) is 4.26. The summed E-state index contributed by atoms with van der Waals surface area (Å²) in [6, 6.07) is 5.66. The second kappa shape index (κ2) is 7.05. The topological polar surface area (TPSA) is 86.1 Å². The largest absolute Gasteiger partial charge is 0.380 e. The highest BCUT2D eigenvalue weighted by atomic mass is 32.2. The molecule has 9 heteroatoms. The Morgan fingerprint density at radius 2 is 2.00 bits per heavy atom. The number of ether oxygens (including phenoxy) is 1. The van der Waals surface area contributed by atoms with Crippen LogP contribution < -0.4 is 4.72 Å². The number of anilines is 1. The molecular formula is C14H19FN4O3S. The van der Waals surface area contributed by atoms with E-state index in [2.05, 4.69) is 15.0 Å². The van der Waals surface area contributed by atoms with Gasteiger partial charge >= 0.3 is 0 Å². The molecule has 7 nitrogen and oxygen atoms in total. The lowest BCUT2D eigenvalue weighted by Crippen LogP contribution is -2.27. The summed E-state index contributed by atoms with van der Waals surface area (Å²) in [7, 11) is -2.13. The molecule has 1 N–H and O–H groups in total. The van der Waals surface area contributed by atoms with Crippen molar-refractivity contribution >= 4 is 15.8 Å². The van der Waals surface area contributed by atoms with Crippen molar-refractivity contribution in [3.8, 4) is 5.69 Å². The molecule has 0 saturated heterocycles. The average Bonchev–Trinajstić information content (AvgIpc) is 2.86. The second-order valence-electron chi connectivity index (χ2n) is 5.06. The molecule has 0 spiro atoms. The molecule has 2 rings (SSSR count). The molecule has 1 unspecified atom stereocenters. The number of hydrogen-bond acceptors (Lipinski definition) is 5. The first-order valence-corrected chi connectivity index (χ1v) is 8.73. The van der Waals surface area contributed by atoms with Crippen LogP contribution in [0.15, 0.2) is 24.3 Å². The lowest BCUT2D eigenvalue weighted by Gasteiger charge is -2.13. The van der Waals surface area contributed by atoms with E-state index in [0.717, 1.165) is 0 Å². The maximum Gasteiger partial charge on any atom is 0.236 e. The Labute approximate surface area is 134 Å². The van der Waals surface area contributed by atoms with Crippen LogP contribution in [0.25, 0.3) is 5.69 Å². The zero-order valence-electron chi connectivity index (χ0n) is 13.2. The van der Waals surface area contributed by atoms with Crippen molar-refractivity contribution in [3.05, 3.63) is 35.8 Å². The molecule has 0 bridgehead atoms. The SMILES string of the molecule is CCC(CS(=O)(=O)Nc1nnn(-c2ccc(F)cc2)c1C)OC. The number of hydrogen-bond donors (Lipinski definition) is 1. The fraction of sp³-hybridized carbons (Fsp3) is 0.429. The number of nitrogens with one attached hydrogen (secondary N) is 1. The van der Waals surface area contributed by atoms with Gasteiger partial charge in [-0.15, -0.1) is 5.10 Å². The van der Waals surface area contributed by atoms with Crippen molar-refractivity contribution in [2.75, 3.05) is 17.6 Å².